The number of ether oxygens (including phenoxy) is 1. The second-order valence-corrected chi connectivity index (χ2v) is 5.89. The number of hydrogen-bond donors (Lipinski definition) is 0. The van der Waals surface area contributed by atoms with Crippen LogP contribution in [0, 0.1) is 5.82 Å². The second-order valence-electron chi connectivity index (χ2n) is 5.89. The monoisotopic (exact) mass is 325 g/mol. The molecule has 0 fully saturated rings. The van der Waals surface area contributed by atoms with E-state index in [0.29, 0.717) is 0 Å². The highest BCUT2D eigenvalue weighted by atomic mass is 19.1. The first-order valence-corrected chi connectivity index (χ1v) is 7.70. The molecule has 5 heteroatoms. The van der Waals surface area contributed by atoms with Crippen molar-refractivity contribution in [1.29, 1.82) is 0 Å². The summed E-state index contributed by atoms with van der Waals surface area (Å²) < 4.78 is 20.6. The van der Waals surface area contributed by atoms with Gasteiger partial charge in [0.1, 0.15) is 11.6 Å². The van der Waals surface area contributed by atoms with Crippen molar-refractivity contribution in [3.8, 4) is 22.7 Å². The zero-order chi connectivity index (χ0) is 17.1. The normalized spacial score (nSPS) is 11.0. The van der Waals surface area contributed by atoms with E-state index in [1.807, 2.05) is 55.3 Å². The lowest BCUT2D eigenvalue weighted by Gasteiger charge is -2.09. The first-order chi connectivity index (χ1) is 11.6. The Morgan fingerprint density at radius 1 is 1.12 bits per heavy atom. The lowest BCUT2D eigenvalue weighted by Crippen LogP contribution is -2.10. The highest BCUT2D eigenvalue weighted by Crippen LogP contribution is 2.25. The Morgan fingerprint density at radius 2 is 1.88 bits per heavy atom. The standard InChI is InChI=1S/C19H20FN3O/c1-22(2)12-15-13-23(17-7-9-18(24-3)10-8-17)21-19(15)14-5-4-6-16(20)11-14/h4-11,13H,12H2,1-3H3. The quantitative estimate of drug-likeness (QED) is 0.716. The van der Waals surface area contributed by atoms with Crippen LogP contribution in [0.4, 0.5) is 4.39 Å². The number of benzene rings is 2. The van der Waals surface area contributed by atoms with Gasteiger partial charge in [0, 0.05) is 23.9 Å². The topological polar surface area (TPSA) is 30.3 Å². The minimum atomic E-state index is -0.262. The molecule has 2 aromatic carbocycles. The minimum absolute atomic E-state index is 0.262. The van der Waals surface area contributed by atoms with E-state index in [2.05, 4.69) is 10.00 Å². The van der Waals surface area contributed by atoms with Gasteiger partial charge in [-0.25, -0.2) is 9.07 Å². The van der Waals surface area contributed by atoms with Crippen molar-refractivity contribution < 1.29 is 9.13 Å². The van der Waals surface area contributed by atoms with Crippen molar-refractivity contribution in [3.05, 3.63) is 66.1 Å². The second kappa shape index (κ2) is 6.84. The Labute approximate surface area is 141 Å². The summed E-state index contributed by atoms with van der Waals surface area (Å²) in [6.45, 7) is 0.724. The maximum atomic E-state index is 13.6. The summed E-state index contributed by atoms with van der Waals surface area (Å²) in [5, 5.41) is 4.68. The molecule has 0 atom stereocenters. The van der Waals surface area contributed by atoms with Gasteiger partial charge in [-0.05, 0) is 50.5 Å². The van der Waals surface area contributed by atoms with E-state index in [4.69, 9.17) is 4.74 Å². The maximum absolute atomic E-state index is 13.6. The third-order valence-corrected chi connectivity index (χ3v) is 3.71. The first kappa shape index (κ1) is 16.2. The Bertz CT molecular complexity index is 825. The number of nitrogens with zero attached hydrogens (tertiary/aromatic N) is 3. The van der Waals surface area contributed by atoms with Crippen LogP contribution in [-0.2, 0) is 6.54 Å². The van der Waals surface area contributed by atoms with Gasteiger partial charge in [0.05, 0.1) is 18.5 Å². The average Bonchev–Trinajstić information content (AvgIpc) is 2.98. The largest absolute Gasteiger partial charge is 0.497 e. The Hall–Kier alpha value is -2.66. The van der Waals surface area contributed by atoms with Crippen LogP contribution in [0.25, 0.3) is 16.9 Å². The van der Waals surface area contributed by atoms with E-state index in [-0.39, 0.29) is 5.82 Å². The lowest BCUT2D eigenvalue weighted by atomic mass is 10.1. The van der Waals surface area contributed by atoms with Crippen molar-refractivity contribution in [2.75, 3.05) is 21.2 Å². The molecule has 4 nitrogen and oxygen atoms in total. The molecular weight excluding hydrogens is 305 g/mol. The van der Waals surface area contributed by atoms with Crippen LogP contribution in [0.15, 0.2) is 54.7 Å². The number of methoxy groups -OCH3 is 1. The molecule has 1 aromatic heterocycles. The van der Waals surface area contributed by atoms with Crippen LogP contribution in [0.2, 0.25) is 0 Å². The molecule has 0 saturated carbocycles. The zero-order valence-corrected chi connectivity index (χ0v) is 14.0. The van der Waals surface area contributed by atoms with E-state index in [1.165, 1.54) is 12.1 Å². The molecule has 0 bridgehead atoms. The molecule has 0 N–H and O–H groups in total. The van der Waals surface area contributed by atoms with E-state index >= 15 is 0 Å². The molecule has 0 radical (unpaired) electrons. The van der Waals surface area contributed by atoms with Crippen molar-refractivity contribution in [2.24, 2.45) is 0 Å². The third kappa shape index (κ3) is 3.46. The third-order valence-electron chi connectivity index (χ3n) is 3.71. The fourth-order valence-electron chi connectivity index (χ4n) is 2.61. The van der Waals surface area contributed by atoms with Crippen molar-refractivity contribution in [2.45, 2.75) is 6.54 Å². The molecule has 0 spiro atoms. The van der Waals surface area contributed by atoms with Gasteiger partial charge < -0.3 is 9.64 Å². The summed E-state index contributed by atoms with van der Waals surface area (Å²) in [5.74, 6) is 0.534. The Morgan fingerprint density at radius 3 is 2.50 bits per heavy atom. The van der Waals surface area contributed by atoms with E-state index in [9.17, 15) is 4.39 Å². The van der Waals surface area contributed by atoms with Crippen LogP contribution < -0.4 is 4.74 Å². The van der Waals surface area contributed by atoms with Crippen LogP contribution in [0.1, 0.15) is 5.56 Å². The number of aromatic nitrogens is 2. The molecule has 0 unspecified atom stereocenters. The molecule has 0 saturated heterocycles. The van der Waals surface area contributed by atoms with Crippen LogP contribution >= 0.6 is 0 Å². The molecule has 0 aliphatic heterocycles. The summed E-state index contributed by atoms with van der Waals surface area (Å²) in [6, 6.07) is 14.2. The molecule has 24 heavy (non-hydrogen) atoms. The number of hydrogen-bond acceptors (Lipinski definition) is 3. The number of halogens is 1. The van der Waals surface area contributed by atoms with Crippen LogP contribution in [0.5, 0.6) is 5.75 Å². The lowest BCUT2D eigenvalue weighted by molar-refractivity contribution is 0.403. The van der Waals surface area contributed by atoms with Gasteiger partial charge in [0.25, 0.3) is 0 Å². The first-order valence-electron chi connectivity index (χ1n) is 7.70. The molecule has 0 amide bonds. The molecule has 1 heterocycles. The molecule has 3 rings (SSSR count). The highest BCUT2D eigenvalue weighted by Gasteiger charge is 2.13. The molecule has 124 valence electrons. The van der Waals surface area contributed by atoms with Gasteiger partial charge in [-0.15, -0.1) is 0 Å². The summed E-state index contributed by atoms with van der Waals surface area (Å²) in [7, 11) is 5.64. The highest BCUT2D eigenvalue weighted by molar-refractivity contribution is 5.63. The molecule has 3 aromatic rings. The molecule has 0 aliphatic rings. The molecule has 0 aliphatic carbocycles. The summed E-state index contributed by atoms with van der Waals surface area (Å²) in [4.78, 5) is 2.07. The Kier molecular flexibility index (Phi) is 4.62. The predicted octanol–water partition coefficient (Wildman–Crippen LogP) is 3.75. The fraction of sp³-hybridized carbons (Fsp3) is 0.211. The van der Waals surface area contributed by atoms with Gasteiger partial charge >= 0.3 is 0 Å². The van der Waals surface area contributed by atoms with Crippen LogP contribution in [-0.4, -0.2) is 35.9 Å². The van der Waals surface area contributed by atoms with E-state index in [0.717, 1.165) is 34.8 Å². The van der Waals surface area contributed by atoms with Crippen LogP contribution in [0.3, 0.4) is 0 Å². The van der Waals surface area contributed by atoms with Crippen molar-refractivity contribution in [1.82, 2.24) is 14.7 Å². The van der Waals surface area contributed by atoms with Crippen molar-refractivity contribution in [3.63, 3.8) is 0 Å². The minimum Gasteiger partial charge on any atom is -0.497 e. The summed E-state index contributed by atoms with van der Waals surface area (Å²) in [5.41, 5.74) is 3.54. The fourth-order valence-corrected chi connectivity index (χ4v) is 2.61. The SMILES string of the molecule is COc1ccc(-n2cc(CN(C)C)c(-c3cccc(F)c3)n2)cc1. The summed E-state index contributed by atoms with van der Waals surface area (Å²) in [6.07, 6.45) is 1.99. The molecular formula is C19H20FN3O. The zero-order valence-electron chi connectivity index (χ0n) is 14.0. The van der Waals surface area contributed by atoms with Gasteiger partial charge in [0.2, 0.25) is 0 Å². The van der Waals surface area contributed by atoms with Gasteiger partial charge in [0.15, 0.2) is 0 Å². The van der Waals surface area contributed by atoms with E-state index in [1.54, 1.807) is 13.2 Å². The van der Waals surface area contributed by atoms with E-state index < -0.39 is 0 Å². The Balaban J connectivity index is 2.05. The predicted molar refractivity (Wildman–Crippen MR) is 92.9 cm³/mol. The average molecular weight is 325 g/mol. The van der Waals surface area contributed by atoms with Gasteiger partial charge in [-0.3, -0.25) is 0 Å². The maximum Gasteiger partial charge on any atom is 0.123 e. The van der Waals surface area contributed by atoms with Crippen molar-refractivity contribution >= 4 is 0 Å². The van der Waals surface area contributed by atoms with Gasteiger partial charge in [-0.2, -0.15) is 5.10 Å². The summed E-state index contributed by atoms with van der Waals surface area (Å²) >= 11 is 0. The number of rotatable bonds is 5. The smallest absolute Gasteiger partial charge is 0.123 e. The van der Waals surface area contributed by atoms with Gasteiger partial charge in [-0.1, -0.05) is 12.1 Å².